The smallest absolute Gasteiger partial charge is 0.247 e. The summed E-state index contributed by atoms with van der Waals surface area (Å²) in [4.78, 5) is 31.2. The van der Waals surface area contributed by atoms with Gasteiger partial charge < -0.3 is 25.2 Å². The Hall–Kier alpha value is -3.57. The van der Waals surface area contributed by atoms with Gasteiger partial charge >= 0.3 is 0 Å². The van der Waals surface area contributed by atoms with Gasteiger partial charge in [-0.1, -0.05) is 35.8 Å². The zero-order valence-corrected chi connectivity index (χ0v) is 24.5. The number of benzene rings is 2. The summed E-state index contributed by atoms with van der Waals surface area (Å²) in [7, 11) is 7.58. The van der Waals surface area contributed by atoms with Crippen molar-refractivity contribution in [2.24, 2.45) is 0 Å². The van der Waals surface area contributed by atoms with Gasteiger partial charge in [0.15, 0.2) is 5.82 Å². The number of carbonyl (C=O) groups is 1. The van der Waals surface area contributed by atoms with Gasteiger partial charge in [0.25, 0.3) is 0 Å². The van der Waals surface area contributed by atoms with Crippen LogP contribution in [0.3, 0.4) is 0 Å². The van der Waals surface area contributed by atoms with Crippen LogP contribution in [0.25, 0.3) is 0 Å². The summed E-state index contributed by atoms with van der Waals surface area (Å²) >= 11 is 12.4. The first-order chi connectivity index (χ1) is 19.2. The van der Waals surface area contributed by atoms with E-state index in [2.05, 4.69) is 37.0 Å². The molecule has 0 unspecified atom stereocenters. The molecule has 1 amide bonds. The fourth-order valence-corrected chi connectivity index (χ4v) is 4.60. The minimum absolute atomic E-state index is 0.0928. The van der Waals surface area contributed by atoms with Crippen molar-refractivity contribution in [1.82, 2.24) is 14.9 Å². The number of aromatic nitrogens is 2. The number of nitrogens with one attached hydrogen (secondary N) is 2. The van der Waals surface area contributed by atoms with Gasteiger partial charge in [0.1, 0.15) is 17.9 Å². The number of hydroxylamine groups is 1. The number of methoxy groups -OCH3 is 1. The summed E-state index contributed by atoms with van der Waals surface area (Å²) in [6.45, 7) is 5.68. The molecule has 0 spiro atoms. The molecular formula is C28H33Cl2N7O3. The second kappa shape index (κ2) is 13.2. The number of halogens is 2. The fraction of sp³-hybridized carbons (Fsp3) is 0.321. The highest BCUT2D eigenvalue weighted by Gasteiger charge is 2.29. The molecule has 1 aromatic heterocycles. The second-order valence-electron chi connectivity index (χ2n) is 9.51. The van der Waals surface area contributed by atoms with Gasteiger partial charge in [-0.2, -0.15) is 0 Å². The van der Waals surface area contributed by atoms with E-state index in [0.717, 1.165) is 30.8 Å². The maximum Gasteiger partial charge on any atom is 0.247 e. The van der Waals surface area contributed by atoms with E-state index < -0.39 is 0 Å². The molecule has 0 radical (unpaired) electrons. The molecule has 2 heterocycles. The molecular weight excluding hydrogens is 553 g/mol. The number of nitrogens with zero attached hydrogens (tertiary/aromatic N) is 5. The molecule has 1 saturated heterocycles. The molecule has 1 aliphatic rings. The van der Waals surface area contributed by atoms with Crippen LogP contribution in [-0.2, 0) is 9.63 Å². The van der Waals surface area contributed by atoms with Crippen molar-refractivity contribution in [3.8, 4) is 5.75 Å². The van der Waals surface area contributed by atoms with Crippen molar-refractivity contribution in [2.75, 3.05) is 68.5 Å². The molecule has 0 saturated carbocycles. The van der Waals surface area contributed by atoms with Crippen LogP contribution < -0.4 is 25.3 Å². The van der Waals surface area contributed by atoms with Crippen LogP contribution in [0.15, 0.2) is 55.4 Å². The van der Waals surface area contributed by atoms with Crippen molar-refractivity contribution in [3.05, 3.63) is 71.0 Å². The molecule has 3 aromatic rings. The van der Waals surface area contributed by atoms with Crippen LogP contribution in [0.2, 0.25) is 10.0 Å². The standard InChI is InChI=1S/C28H33Cl2N7O3/c1-6-28(38)34-21-14-22(25(39-5)15-24(21)36(4)11-10-35(2)3)33-26-16-27(32-17-31-26)37-23(9-12-40-37)18-7-8-19(29)20(30)13-18/h6-8,13-17,23H,1,9-12H2,2-5H3,(H,34,38)(H,31,32,33)/t23-/m1/s1. The van der Waals surface area contributed by atoms with Crippen molar-refractivity contribution in [2.45, 2.75) is 12.5 Å². The van der Waals surface area contributed by atoms with Crippen LogP contribution >= 0.6 is 23.2 Å². The minimum atomic E-state index is -0.317. The van der Waals surface area contributed by atoms with E-state index >= 15 is 0 Å². The molecule has 4 rings (SSSR count). The van der Waals surface area contributed by atoms with Crippen LogP contribution in [-0.4, -0.2) is 68.7 Å². The zero-order chi connectivity index (χ0) is 28.8. The van der Waals surface area contributed by atoms with E-state index in [1.54, 1.807) is 24.3 Å². The number of amides is 1. The molecule has 2 aromatic carbocycles. The summed E-state index contributed by atoms with van der Waals surface area (Å²) in [5, 5.41) is 8.95. The third-order valence-electron chi connectivity index (χ3n) is 6.43. The molecule has 40 heavy (non-hydrogen) atoms. The summed E-state index contributed by atoms with van der Waals surface area (Å²) in [6.07, 6.45) is 3.45. The number of likely N-dealkylation sites (N-methyl/N-ethyl adjacent to an activating group) is 2. The summed E-state index contributed by atoms with van der Waals surface area (Å²) < 4.78 is 5.71. The van der Waals surface area contributed by atoms with Crippen molar-refractivity contribution >= 4 is 57.8 Å². The normalized spacial score (nSPS) is 14.8. The predicted molar refractivity (Wildman–Crippen MR) is 161 cm³/mol. The third kappa shape index (κ3) is 6.95. The number of hydrogen-bond donors (Lipinski definition) is 2. The fourth-order valence-electron chi connectivity index (χ4n) is 4.30. The molecule has 0 aliphatic carbocycles. The van der Waals surface area contributed by atoms with Gasteiger partial charge in [-0.3, -0.25) is 9.63 Å². The van der Waals surface area contributed by atoms with Gasteiger partial charge in [0.05, 0.1) is 46.9 Å². The zero-order valence-electron chi connectivity index (χ0n) is 22.9. The van der Waals surface area contributed by atoms with Gasteiger partial charge in [-0.05, 0) is 43.9 Å². The Balaban J connectivity index is 1.63. The third-order valence-corrected chi connectivity index (χ3v) is 7.17. The van der Waals surface area contributed by atoms with Gasteiger partial charge in [0.2, 0.25) is 5.91 Å². The van der Waals surface area contributed by atoms with E-state index in [4.69, 9.17) is 32.8 Å². The first-order valence-corrected chi connectivity index (χ1v) is 13.4. The first-order valence-electron chi connectivity index (χ1n) is 12.7. The Morgan fingerprint density at radius 2 is 1.95 bits per heavy atom. The minimum Gasteiger partial charge on any atom is -0.494 e. The topological polar surface area (TPSA) is 95.1 Å². The lowest BCUT2D eigenvalue weighted by molar-refractivity contribution is -0.111. The number of ether oxygens (including phenoxy) is 1. The van der Waals surface area contributed by atoms with Crippen LogP contribution in [0.1, 0.15) is 18.0 Å². The lowest BCUT2D eigenvalue weighted by Crippen LogP contribution is -2.29. The summed E-state index contributed by atoms with van der Waals surface area (Å²) in [5.74, 6) is 1.35. The highest BCUT2D eigenvalue weighted by molar-refractivity contribution is 6.42. The van der Waals surface area contributed by atoms with E-state index in [9.17, 15) is 4.79 Å². The van der Waals surface area contributed by atoms with Gasteiger partial charge in [-0.15, -0.1) is 0 Å². The molecule has 2 N–H and O–H groups in total. The Kier molecular flexibility index (Phi) is 9.70. The molecule has 1 atom stereocenters. The number of carbonyl (C=O) groups excluding carboxylic acids is 1. The van der Waals surface area contributed by atoms with Gasteiger partial charge in [0, 0.05) is 38.7 Å². The monoisotopic (exact) mass is 585 g/mol. The molecule has 10 nitrogen and oxygen atoms in total. The Morgan fingerprint density at radius 3 is 2.65 bits per heavy atom. The van der Waals surface area contributed by atoms with Crippen LogP contribution in [0.5, 0.6) is 5.75 Å². The van der Waals surface area contributed by atoms with Crippen molar-refractivity contribution in [1.29, 1.82) is 0 Å². The lowest BCUT2D eigenvalue weighted by atomic mass is 10.0. The second-order valence-corrected chi connectivity index (χ2v) is 10.3. The molecule has 0 bridgehead atoms. The van der Waals surface area contributed by atoms with Crippen molar-refractivity contribution in [3.63, 3.8) is 0 Å². The Morgan fingerprint density at radius 1 is 1.15 bits per heavy atom. The van der Waals surface area contributed by atoms with E-state index in [0.29, 0.717) is 45.4 Å². The molecule has 1 fully saturated rings. The van der Waals surface area contributed by atoms with E-state index in [1.165, 1.54) is 12.4 Å². The maximum absolute atomic E-state index is 12.3. The Bertz CT molecular complexity index is 1370. The number of hydrogen-bond acceptors (Lipinski definition) is 9. The predicted octanol–water partition coefficient (Wildman–Crippen LogP) is 5.54. The molecule has 212 valence electrons. The average Bonchev–Trinajstić information content (AvgIpc) is 3.43. The van der Waals surface area contributed by atoms with Gasteiger partial charge in [-0.25, -0.2) is 15.0 Å². The van der Waals surface area contributed by atoms with E-state index in [-0.39, 0.29) is 11.9 Å². The van der Waals surface area contributed by atoms with Crippen LogP contribution in [0, 0.1) is 0 Å². The number of anilines is 5. The average molecular weight is 587 g/mol. The summed E-state index contributed by atoms with van der Waals surface area (Å²) in [6, 6.07) is 10.9. The quantitative estimate of drug-likeness (QED) is 0.281. The number of rotatable bonds is 11. The molecule has 1 aliphatic heterocycles. The first kappa shape index (κ1) is 29.4. The SMILES string of the molecule is C=CC(=O)Nc1cc(Nc2cc(N3OCC[C@@H]3c3ccc(Cl)c(Cl)c3)ncn2)c(OC)cc1N(C)CCN(C)C. The van der Waals surface area contributed by atoms with Crippen LogP contribution in [0.4, 0.5) is 28.7 Å². The highest BCUT2D eigenvalue weighted by atomic mass is 35.5. The Labute approximate surface area is 244 Å². The van der Waals surface area contributed by atoms with Crippen molar-refractivity contribution < 1.29 is 14.4 Å². The molecule has 12 heteroatoms. The summed E-state index contributed by atoms with van der Waals surface area (Å²) in [5.41, 5.74) is 2.99. The maximum atomic E-state index is 12.3. The van der Waals surface area contributed by atoms with E-state index in [1.807, 2.05) is 45.4 Å². The lowest BCUT2D eigenvalue weighted by Gasteiger charge is -2.26. The highest BCUT2D eigenvalue weighted by Crippen LogP contribution is 2.40. The largest absolute Gasteiger partial charge is 0.494 e.